The van der Waals surface area contributed by atoms with Gasteiger partial charge < -0.3 is 9.64 Å². The number of carbonyl (C=O) groups is 3. The Morgan fingerprint density at radius 3 is 2.38 bits per heavy atom. The van der Waals surface area contributed by atoms with Crippen LogP contribution in [-0.2, 0) is 19.2 Å². The molecule has 0 bridgehead atoms. The molecule has 8 nitrogen and oxygen atoms in total. The van der Waals surface area contributed by atoms with E-state index in [0.717, 1.165) is 11.5 Å². The second-order valence-electron chi connectivity index (χ2n) is 6.81. The summed E-state index contributed by atoms with van der Waals surface area (Å²) in [5.74, 6) is -0.526. The van der Waals surface area contributed by atoms with E-state index in [2.05, 4.69) is 0 Å². The summed E-state index contributed by atoms with van der Waals surface area (Å²) < 4.78 is 5.29. The molecule has 1 heterocycles. The monoisotopic (exact) mass is 343 g/mol. The predicted molar refractivity (Wildman–Crippen MR) is 88.0 cm³/mol. The molecular formula is C16H29N3O5. The van der Waals surface area contributed by atoms with E-state index in [9.17, 15) is 14.4 Å². The molecule has 0 radical (unpaired) electrons. The summed E-state index contributed by atoms with van der Waals surface area (Å²) in [6.45, 7) is 7.84. The van der Waals surface area contributed by atoms with Gasteiger partial charge in [0, 0.05) is 20.1 Å². The van der Waals surface area contributed by atoms with Gasteiger partial charge in [0.25, 0.3) is 5.91 Å². The molecule has 1 aliphatic rings. The number of hydroxylamine groups is 2. The number of hydrogen-bond acceptors (Lipinski definition) is 5. The third-order valence-corrected chi connectivity index (χ3v) is 3.72. The van der Waals surface area contributed by atoms with Crippen molar-refractivity contribution in [1.82, 2.24) is 14.9 Å². The summed E-state index contributed by atoms with van der Waals surface area (Å²) >= 11 is 0. The van der Waals surface area contributed by atoms with Crippen LogP contribution in [0.4, 0.5) is 4.79 Å². The molecule has 0 saturated carbocycles. The van der Waals surface area contributed by atoms with Gasteiger partial charge in [-0.3, -0.25) is 19.3 Å². The second-order valence-corrected chi connectivity index (χ2v) is 6.81. The third kappa shape index (κ3) is 5.36. The van der Waals surface area contributed by atoms with E-state index in [4.69, 9.17) is 9.57 Å². The van der Waals surface area contributed by atoms with Gasteiger partial charge in [0.1, 0.15) is 18.2 Å². The molecule has 0 aromatic heterocycles. The zero-order valence-electron chi connectivity index (χ0n) is 15.5. The molecule has 1 aliphatic heterocycles. The van der Waals surface area contributed by atoms with Crippen molar-refractivity contribution in [1.29, 1.82) is 0 Å². The molecular weight excluding hydrogens is 314 g/mol. The molecule has 138 valence electrons. The zero-order chi connectivity index (χ0) is 18.5. The van der Waals surface area contributed by atoms with Crippen LogP contribution < -0.4 is 0 Å². The largest absolute Gasteiger partial charge is 0.444 e. The fraction of sp³-hybridized carbons (Fsp3) is 0.812. The number of hydrogen-bond donors (Lipinski definition) is 0. The minimum absolute atomic E-state index is 0.0842. The van der Waals surface area contributed by atoms with Gasteiger partial charge >= 0.3 is 6.09 Å². The van der Waals surface area contributed by atoms with Gasteiger partial charge in [0.15, 0.2) is 0 Å². The van der Waals surface area contributed by atoms with Crippen molar-refractivity contribution in [3.05, 3.63) is 0 Å². The van der Waals surface area contributed by atoms with Crippen molar-refractivity contribution < 1.29 is 24.0 Å². The minimum Gasteiger partial charge on any atom is -0.444 e. The van der Waals surface area contributed by atoms with Crippen molar-refractivity contribution in [3.8, 4) is 0 Å². The molecule has 0 aromatic rings. The molecule has 1 rings (SSSR count). The van der Waals surface area contributed by atoms with E-state index < -0.39 is 17.7 Å². The average Bonchev–Trinajstić information content (AvgIpc) is 2.49. The van der Waals surface area contributed by atoms with Crippen LogP contribution in [0.5, 0.6) is 0 Å². The molecule has 8 heteroatoms. The molecule has 0 aliphatic carbocycles. The molecule has 0 aromatic carbocycles. The summed E-state index contributed by atoms with van der Waals surface area (Å²) in [6.07, 6.45) is 0.793. The highest BCUT2D eigenvalue weighted by Crippen LogP contribution is 2.17. The van der Waals surface area contributed by atoms with Gasteiger partial charge in [-0.25, -0.2) is 9.86 Å². The summed E-state index contributed by atoms with van der Waals surface area (Å²) in [4.78, 5) is 44.8. The molecule has 1 fully saturated rings. The lowest BCUT2D eigenvalue weighted by molar-refractivity contribution is -0.177. The van der Waals surface area contributed by atoms with E-state index in [1.807, 2.05) is 6.92 Å². The Hall–Kier alpha value is -1.83. The number of likely N-dealkylation sites (N-methyl/N-ethyl adjacent to an activating group) is 1. The maximum Gasteiger partial charge on any atom is 0.410 e. The lowest BCUT2D eigenvalue weighted by atomic mass is 10.1. The van der Waals surface area contributed by atoms with Crippen LogP contribution in [0.3, 0.4) is 0 Å². The summed E-state index contributed by atoms with van der Waals surface area (Å²) in [5, 5.41) is 1.13. The fourth-order valence-corrected chi connectivity index (χ4v) is 2.48. The number of carbonyl (C=O) groups excluding carboxylic acids is 3. The van der Waals surface area contributed by atoms with Crippen LogP contribution in [0.2, 0.25) is 0 Å². The maximum absolute atomic E-state index is 12.5. The van der Waals surface area contributed by atoms with Gasteiger partial charge in [0.05, 0.1) is 7.11 Å². The standard InChI is InChI=1S/C16H29N3O5/c1-7-8-12(14(21)17(5)23-6)19-10-9-18(11-13(19)20)15(22)24-16(2,3)4/h12H,7-11H2,1-6H3. The lowest BCUT2D eigenvalue weighted by Gasteiger charge is -2.39. The zero-order valence-corrected chi connectivity index (χ0v) is 15.5. The Kier molecular flexibility index (Phi) is 7.01. The van der Waals surface area contributed by atoms with Crippen LogP contribution in [0.15, 0.2) is 0 Å². The number of ether oxygens (including phenoxy) is 1. The van der Waals surface area contributed by atoms with E-state index in [0.29, 0.717) is 19.5 Å². The normalized spacial score (nSPS) is 16.8. The fourth-order valence-electron chi connectivity index (χ4n) is 2.48. The molecule has 24 heavy (non-hydrogen) atoms. The third-order valence-electron chi connectivity index (χ3n) is 3.72. The molecule has 3 amide bonds. The van der Waals surface area contributed by atoms with Gasteiger partial charge in [-0.05, 0) is 27.2 Å². The van der Waals surface area contributed by atoms with Crippen molar-refractivity contribution in [2.24, 2.45) is 0 Å². The molecule has 1 saturated heterocycles. The molecule has 0 spiro atoms. The number of amides is 3. The first kappa shape index (κ1) is 20.2. The van der Waals surface area contributed by atoms with Crippen LogP contribution in [0, 0.1) is 0 Å². The smallest absolute Gasteiger partial charge is 0.410 e. The topological polar surface area (TPSA) is 79.4 Å². The van der Waals surface area contributed by atoms with Gasteiger partial charge in [0.2, 0.25) is 5.91 Å². The highest BCUT2D eigenvalue weighted by atomic mass is 16.7. The first-order valence-electron chi connectivity index (χ1n) is 8.19. The summed E-state index contributed by atoms with van der Waals surface area (Å²) in [6, 6.07) is -0.576. The van der Waals surface area contributed by atoms with Crippen molar-refractivity contribution in [2.75, 3.05) is 33.8 Å². The Morgan fingerprint density at radius 2 is 1.92 bits per heavy atom. The highest BCUT2D eigenvalue weighted by molar-refractivity contribution is 5.89. The van der Waals surface area contributed by atoms with Crippen molar-refractivity contribution >= 4 is 17.9 Å². The predicted octanol–water partition coefficient (Wildman–Crippen LogP) is 1.25. The Balaban J connectivity index is 2.77. The Labute approximate surface area is 143 Å². The molecule has 1 unspecified atom stereocenters. The number of piperazine rings is 1. The van der Waals surface area contributed by atoms with E-state index in [1.165, 1.54) is 24.0 Å². The first-order chi connectivity index (χ1) is 11.1. The van der Waals surface area contributed by atoms with Crippen molar-refractivity contribution in [3.63, 3.8) is 0 Å². The van der Waals surface area contributed by atoms with Crippen LogP contribution in [-0.4, -0.2) is 78.2 Å². The van der Waals surface area contributed by atoms with E-state index in [1.54, 1.807) is 20.8 Å². The Morgan fingerprint density at radius 1 is 1.29 bits per heavy atom. The van der Waals surface area contributed by atoms with E-state index in [-0.39, 0.29) is 18.4 Å². The Bertz CT molecular complexity index is 475. The van der Waals surface area contributed by atoms with Crippen LogP contribution in [0.1, 0.15) is 40.5 Å². The minimum atomic E-state index is -0.612. The van der Waals surface area contributed by atoms with Gasteiger partial charge in [-0.15, -0.1) is 0 Å². The molecule has 0 N–H and O–H groups in total. The highest BCUT2D eigenvalue weighted by Gasteiger charge is 2.37. The van der Waals surface area contributed by atoms with E-state index >= 15 is 0 Å². The number of nitrogens with zero attached hydrogens (tertiary/aromatic N) is 3. The quantitative estimate of drug-likeness (QED) is 0.702. The average molecular weight is 343 g/mol. The van der Waals surface area contributed by atoms with Crippen LogP contribution in [0.25, 0.3) is 0 Å². The first-order valence-corrected chi connectivity index (χ1v) is 8.19. The molecule has 1 atom stereocenters. The second kappa shape index (κ2) is 8.32. The van der Waals surface area contributed by atoms with Gasteiger partial charge in [-0.1, -0.05) is 13.3 Å². The summed E-state index contributed by atoms with van der Waals surface area (Å²) in [5.41, 5.74) is -0.612. The summed E-state index contributed by atoms with van der Waals surface area (Å²) in [7, 11) is 2.93. The number of rotatable bonds is 5. The van der Waals surface area contributed by atoms with Gasteiger partial charge in [-0.2, -0.15) is 0 Å². The van der Waals surface area contributed by atoms with Crippen molar-refractivity contribution in [2.45, 2.75) is 52.2 Å². The lowest BCUT2D eigenvalue weighted by Crippen LogP contribution is -2.59. The SMILES string of the molecule is CCCC(C(=O)N(C)OC)N1CCN(C(=O)OC(C)(C)C)CC1=O. The maximum atomic E-state index is 12.5. The van der Waals surface area contributed by atoms with Crippen LogP contribution >= 0.6 is 0 Å².